The van der Waals surface area contributed by atoms with Crippen molar-refractivity contribution in [3.63, 3.8) is 0 Å². The van der Waals surface area contributed by atoms with E-state index < -0.39 is 69.1 Å². The van der Waals surface area contributed by atoms with Crippen LogP contribution in [0.1, 0.15) is 0 Å². The van der Waals surface area contributed by atoms with Crippen molar-refractivity contribution in [2.75, 3.05) is 0 Å². The molecule has 7 nitrogen and oxygen atoms in total. The summed E-state index contributed by atoms with van der Waals surface area (Å²) in [5, 5.41) is 0. The minimum atomic E-state index is -2.50. The third-order valence-corrected chi connectivity index (χ3v) is 30.2. The number of rotatable bonds is 13. The van der Waals surface area contributed by atoms with Gasteiger partial charge in [0, 0.05) is 26.2 Å². The maximum Gasteiger partial charge on any atom is 0.631 e. The van der Waals surface area contributed by atoms with E-state index in [-0.39, 0.29) is 0 Å². The predicted molar refractivity (Wildman–Crippen MR) is 147 cm³/mol. The van der Waals surface area contributed by atoms with Crippen molar-refractivity contribution in [1.29, 1.82) is 0 Å². The SMILES string of the molecule is C[Si](C)=[O+][Si](C)(C)O[Si](C)(C)O[Si](C)(C)O[Si](C)(C)O[Si](C)(C)O[Si](C)(C)O[Si-](C)C. The molecule has 186 valence electrons. The standard InChI is InChI=1S/C16H48O7Si8/c1-24(2)17-26(5,6)19-28(9,10)21-30(13,14)23-31(15,16)22-29(11,12)20-27(7,8)18-25(3)4/h1-16H3. The molecule has 0 aliphatic heterocycles. The summed E-state index contributed by atoms with van der Waals surface area (Å²) in [5.41, 5.74) is 0. The Kier molecular flexibility index (Phi) is 11.8. The van der Waals surface area contributed by atoms with Crippen LogP contribution in [0.15, 0.2) is 0 Å². The molecule has 0 radical (unpaired) electrons. The molecular weight excluding hydrogens is 529 g/mol. The Morgan fingerprint density at radius 1 is 0.516 bits per heavy atom. The van der Waals surface area contributed by atoms with Crippen LogP contribution >= 0.6 is 0 Å². The third-order valence-electron chi connectivity index (χ3n) is 3.36. The molecule has 0 aliphatic carbocycles. The zero-order valence-corrected chi connectivity index (χ0v) is 30.9. The van der Waals surface area contributed by atoms with Gasteiger partial charge in [0.15, 0.2) is 0 Å². The van der Waals surface area contributed by atoms with E-state index in [0.29, 0.717) is 0 Å². The maximum absolute atomic E-state index is 6.59. The Morgan fingerprint density at radius 3 is 1.10 bits per heavy atom. The second kappa shape index (κ2) is 11.4. The Labute approximate surface area is 201 Å². The fourth-order valence-corrected chi connectivity index (χ4v) is 38.9. The summed E-state index contributed by atoms with van der Waals surface area (Å²) in [6.07, 6.45) is 0. The number of hydrogen-bond donors (Lipinski definition) is 0. The molecule has 0 rings (SSSR count). The van der Waals surface area contributed by atoms with E-state index in [0.717, 1.165) is 0 Å². The molecule has 0 spiro atoms. The Hall–Kier alpha value is 1.30. The molecule has 15 heteroatoms. The highest BCUT2D eigenvalue weighted by molar-refractivity contribution is 6.90. The topological polar surface area (TPSA) is 66.7 Å². The maximum atomic E-state index is 6.59. The average Bonchev–Trinajstić information content (AvgIpc) is 2.24. The molecule has 0 amide bonds. The quantitative estimate of drug-likeness (QED) is 0.205. The number of hydrogen-bond acceptors (Lipinski definition) is 6. The van der Waals surface area contributed by atoms with Crippen molar-refractivity contribution >= 4 is 69.1 Å². The van der Waals surface area contributed by atoms with Gasteiger partial charge in [0.25, 0.3) is 8.56 Å². The molecule has 0 bridgehead atoms. The highest BCUT2D eigenvalue weighted by atomic mass is 28.5. The van der Waals surface area contributed by atoms with Gasteiger partial charge in [0.05, 0.1) is 0 Å². The van der Waals surface area contributed by atoms with Crippen molar-refractivity contribution < 1.29 is 28.5 Å². The normalized spacial score (nSPS) is 14.9. The van der Waals surface area contributed by atoms with Crippen molar-refractivity contribution in [3.8, 4) is 0 Å². The first-order valence-electron chi connectivity index (χ1n) is 10.9. The zero-order valence-electron chi connectivity index (χ0n) is 22.9. The molecular formula is C16H48O7Si8. The van der Waals surface area contributed by atoms with E-state index in [9.17, 15) is 0 Å². The van der Waals surface area contributed by atoms with Gasteiger partial charge in [-0.15, -0.1) is 9.04 Å². The molecule has 0 saturated carbocycles. The minimum Gasteiger partial charge on any atom is -0.610 e. The first kappa shape index (κ1) is 32.3. The van der Waals surface area contributed by atoms with Crippen LogP contribution in [0.5, 0.6) is 0 Å². The van der Waals surface area contributed by atoms with Gasteiger partial charge in [0.2, 0.25) is 0 Å². The van der Waals surface area contributed by atoms with Crippen molar-refractivity contribution in [2.45, 2.75) is 105 Å². The van der Waals surface area contributed by atoms with Gasteiger partial charge in [-0.2, -0.15) is 13.1 Å². The summed E-state index contributed by atoms with van der Waals surface area (Å²) < 4.78 is 44.9. The van der Waals surface area contributed by atoms with Crippen LogP contribution in [0.4, 0.5) is 0 Å². The smallest absolute Gasteiger partial charge is 0.610 e. The lowest BCUT2D eigenvalue weighted by atomic mass is 11.9. The largest absolute Gasteiger partial charge is 0.631 e. The molecule has 0 fully saturated rings. The Bertz CT molecular complexity index is 617. The molecule has 0 N–H and O–H groups in total. The first-order valence-corrected chi connectivity index (χ1v) is 32.6. The van der Waals surface area contributed by atoms with Crippen LogP contribution in [0.25, 0.3) is 0 Å². The third kappa shape index (κ3) is 15.7. The fourth-order valence-electron chi connectivity index (χ4n) is 4.07. The summed E-state index contributed by atoms with van der Waals surface area (Å²) >= 11 is 0. The van der Waals surface area contributed by atoms with E-state index in [1.807, 2.05) is 0 Å². The summed E-state index contributed by atoms with van der Waals surface area (Å²) in [7, 11) is -16.0. The minimum absolute atomic E-state index is 0.821. The van der Waals surface area contributed by atoms with Crippen molar-refractivity contribution in [3.05, 3.63) is 0 Å². The van der Waals surface area contributed by atoms with Crippen LogP contribution < -0.4 is 0 Å². The van der Waals surface area contributed by atoms with Gasteiger partial charge >= 0.3 is 51.5 Å². The molecule has 0 heterocycles. The van der Waals surface area contributed by atoms with Crippen LogP contribution in [0.3, 0.4) is 0 Å². The summed E-state index contributed by atoms with van der Waals surface area (Å²) in [5.74, 6) is 0. The average molecular weight is 577 g/mol. The molecule has 31 heavy (non-hydrogen) atoms. The van der Waals surface area contributed by atoms with E-state index in [2.05, 4.69) is 105 Å². The monoisotopic (exact) mass is 576 g/mol. The first-order chi connectivity index (χ1) is 13.4. The van der Waals surface area contributed by atoms with Crippen LogP contribution in [0, 0.1) is 0 Å². The predicted octanol–water partition coefficient (Wildman–Crippen LogP) is 5.77. The lowest BCUT2D eigenvalue weighted by molar-refractivity contribution is 0.221. The second-order valence-electron chi connectivity index (χ2n) is 10.9. The molecule has 0 aliphatic rings. The van der Waals surface area contributed by atoms with E-state index >= 15 is 0 Å². The van der Waals surface area contributed by atoms with Gasteiger partial charge in [-0.25, -0.2) is 0 Å². The lowest BCUT2D eigenvalue weighted by Gasteiger charge is -2.44. The lowest BCUT2D eigenvalue weighted by Crippen LogP contribution is -2.60. The van der Waals surface area contributed by atoms with Gasteiger partial charge in [-0.3, -0.25) is 0 Å². The van der Waals surface area contributed by atoms with Crippen LogP contribution in [-0.2, 0) is 28.5 Å². The second-order valence-corrected chi connectivity index (χ2v) is 37.1. The van der Waals surface area contributed by atoms with Gasteiger partial charge < -0.3 is 28.5 Å². The summed E-state index contributed by atoms with van der Waals surface area (Å²) in [4.78, 5) is 0. The van der Waals surface area contributed by atoms with Crippen LogP contribution in [-0.4, -0.2) is 69.1 Å². The highest BCUT2D eigenvalue weighted by Crippen LogP contribution is 2.27. The van der Waals surface area contributed by atoms with Gasteiger partial charge in [-0.05, 0) is 65.5 Å². The van der Waals surface area contributed by atoms with Crippen molar-refractivity contribution in [2.24, 2.45) is 0 Å². The van der Waals surface area contributed by atoms with E-state index in [1.165, 1.54) is 0 Å². The van der Waals surface area contributed by atoms with Gasteiger partial charge in [-0.1, -0.05) is 0 Å². The molecule has 0 unspecified atom stereocenters. The fraction of sp³-hybridized carbons (Fsp3) is 1.00. The molecule has 0 aromatic rings. The highest BCUT2D eigenvalue weighted by Gasteiger charge is 2.51. The van der Waals surface area contributed by atoms with Crippen molar-refractivity contribution in [1.82, 2.24) is 0 Å². The molecule has 0 atom stereocenters. The zero-order chi connectivity index (χ0) is 25.1. The van der Waals surface area contributed by atoms with E-state index in [4.69, 9.17) is 28.5 Å². The summed E-state index contributed by atoms with van der Waals surface area (Å²) in [6, 6.07) is 0. The van der Waals surface area contributed by atoms with Crippen LogP contribution in [0.2, 0.25) is 105 Å². The Balaban J connectivity index is 5.23. The Morgan fingerprint density at radius 2 is 0.806 bits per heavy atom. The molecule has 0 aromatic heterocycles. The van der Waals surface area contributed by atoms with Gasteiger partial charge in [0.1, 0.15) is 0 Å². The molecule has 0 saturated heterocycles. The summed E-state index contributed by atoms with van der Waals surface area (Å²) in [6.45, 7) is 33.6. The molecule has 0 aromatic carbocycles. The van der Waals surface area contributed by atoms with E-state index in [1.54, 1.807) is 0 Å².